The number of rotatable bonds is 2. The Morgan fingerprint density at radius 1 is 1.16 bits per heavy atom. The van der Waals surface area contributed by atoms with Gasteiger partial charge in [0.05, 0.1) is 10.9 Å². The van der Waals surface area contributed by atoms with Crippen LogP contribution in [0, 0.1) is 5.82 Å². The molecule has 1 fully saturated rings. The Morgan fingerprint density at radius 3 is 2.72 bits per heavy atom. The van der Waals surface area contributed by atoms with E-state index in [1.807, 2.05) is 11.4 Å². The molecule has 0 N–H and O–H groups in total. The van der Waals surface area contributed by atoms with Crippen LogP contribution in [-0.4, -0.2) is 47.0 Å². The second-order valence-corrected chi connectivity index (χ2v) is 7.49. The molecule has 3 aromatic rings. The van der Waals surface area contributed by atoms with E-state index in [0.717, 1.165) is 16.0 Å². The number of piperazine rings is 1. The van der Waals surface area contributed by atoms with Crippen LogP contribution in [0.2, 0.25) is 0 Å². The lowest BCUT2D eigenvalue weighted by Gasteiger charge is -2.35. The Bertz CT molecular complexity index is 939. The second-order valence-electron chi connectivity index (χ2n) is 5.74. The normalized spacial score (nSPS) is 15.0. The van der Waals surface area contributed by atoms with Crippen molar-refractivity contribution >= 4 is 49.2 Å². The number of thiophene rings is 1. The van der Waals surface area contributed by atoms with Gasteiger partial charge in [0.2, 0.25) is 0 Å². The number of hydrogen-bond acceptors (Lipinski definition) is 5. The fourth-order valence-corrected chi connectivity index (χ4v) is 4.23. The summed E-state index contributed by atoms with van der Waals surface area (Å²) in [6, 6.07) is 6.18. The van der Waals surface area contributed by atoms with Crippen LogP contribution < -0.4 is 4.90 Å². The molecule has 8 heteroatoms. The van der Waals surface area contributed by atoms with Gasteiger partial charge in [-0.05, 0) is 45.6 Å². The minimum absolute atomic E-state index is 0.0881. The fourth-order valence-electron chi connectivity index (χ4n) is 2.98. The first-order chi connectivity index (χ1) is 12.1. The Kier molecular flexibility index (Phi) is 4.39. The molecule has 1 aliphatic heterocycles. The van der Waals surface area contributed by atoms with Gasteiger partial charge in [0.25, 0.3) is 5.91 Å². The lowest BCUT2D eigenvalue weighted by molar-refractivity contribution is 0.0745. The Hall–Kier alpha value is -2.06. The first-order valence-corrected chi connectivity index (χ1v) is 9.48. The van der Waals surface area contributed by atoms with Crippen molar-refractivity contribution < 1.29 is 9.18 Å². The van der Waals surface area contributed by atoms with Crippen LogP contribution in [0.25, 0.3) is 10.2 Å². The van der Waals surface area contributed by atoms with Gasteiger partial charge in [0.1, 0.15) is 22.8 Å². The third kappa shape index (κ3) is 3.11. The summed E-state index contributed by atoms with van der Waals surface area (Å²) in [5, 5.41) is 3.06. The largest absolute Gasteiger partial charge is 0.352 e. The van der Waals surface area contributed by atoms with Gasteiger partial charge in [-0.1, -0.05) is 0 Å². The van der Waals surface area contributed by atoms with Gasteiger partial charge in [-0.25, -0.2) is 14.4 Å². The van der Waals surface area contributed by atoms with Crippen LogP contribution in [0.15, 0.2) is 40.4 Å². The molecular formula is C17H14BrFN4OS. The molecule has 1 aliphatic rings. The SMILES string of the molecule is O=C(c1ccc(F)cc1Br)N1CCN(c2ncnc3sccc23)CC1. The molecule has 1 saturated heterocycles. The van der Waals surface area contributed by atoms with E-state index in [2.05, 4.69) is 30.8 Å². The zero-order valence-corrected chi connectivity index (χ0v) is 15.6. The van der Waals surface area contributed by atoms with Crippen molar-refractivity contribution in [3.8, 4) is 0 Å². The number of carbonyl (C=O) groups excluding carboxylic acids is 1. The summed E-state index contributed by atoms with van der Waals surface area (Å²) in [4.78, 5) is 26.3. The molecule has 1 aromatic carbocycles. The number of fused-ring (bicyclic) bond motifs is 1. The van der Waals surface area contributed by atoms with E-state index in [0.29, 0.717) is 36.2 Å². The zero-order chi connectivity index (χ0) is 17.4. The Morgan fingerprint density at radius 2 is 1.96 bits per heavy atom. The monoisotopic (exact) mass is 420 g/mol. The Balaban J connectivity index is 1.50. The predicted molar refractivity (Wildman–Crippen MR) is 99.6 cm³/mol. The molecule has 0 bridgehead atoms. The smallest absolute Gasteiger partial charge is 0.255 e. The quantitative estimate of drug-likeness (QED) is 0.635. The number of benzene rings is 1. The summed E-state index contributed by atoms with van der Waals surface area (Å²) in [7, 11) is 0. The van der Waals surface area contributed by atoms with E-state index in [1.165, 1.54) is 18.2 Å². The van der Waals surface area contributed by atoms with E-state index in [1.54, 1.807) is 22.6 Å². The molecular weight excluding hydrogens is 407 g/mol. The molecule has 0 atom stereocenters. The average Bonchev–Trinajstić information content (AvgIpc) is 3.10. The van der Waals surface area contributed by atoms with Crippen molar-refractivity contribution in [3.05, 3.63) is 51.8 Å². The number of nitrogens with zero attached hydrogens (tertiary/aromatic N) is 4. The molecule has 2 aromatic heterocycles. The van der Waals surface area contributed by atoms with Crippen molar-refractivity contribution in [2.24, 2.45) is 0 Å². The van der Waals surface area contributed by atoms with Gasteiger partial charge in [0.15, 0.2) is 0 Å². The van der Waals surface area contributed by atoms with Crippen molar-refractivity contribution in [3.63, 3.8) is 0 Å². The first-order valence-electron chi connectivity index (χ1n) is 7.81. The lowest BCUT2D eigenvalue weighted by atomic mass is 10.1. The van der Waals surface area contributed by atoms with Gasteiger partial charge >= 0.3 is 0 Å². The number of aromatic nitrogens is 2. The van der Waals surface area contributed by atoms with Crippen molar-refractivity contribution in [2.75, 3.05) is 31.1 Å². The summed E-state index contributed by atoms with van der Waals surface area (Å²) in [6.45, 7) is 2.59. The molecule has 0 saturated carbocycles. The third-order valence-electron chi connectivity index (χ3n) is 4.27. The average molecular weight is 421 g/mol. The maximum atomic E-state index is 13.2. The molecule has 0 unspecified atom stereocenters. The number of anilines is 1. The van der Waals surface area contributed by atoms with Crippen LogP contribution in [-0.2, 0) is 0 Å². The number of carbonyl (C=O) groups is 1. The topological polar surface area (TPSA) is 49.3 Å². The molecule has 5 nitrogen and oxygen atoms in total. The minimum atomic E-state index is -0.364. The molecule has 3 heterocycles. The second kappa shape index (κ2) is 6.68. The van der Waals surface area contributed by atoms with Crippen molar-refractivity contribution in [1.29, 1.82) is 0 Å². The van der Waals surface area contributed by atoms with Crippen molar-refractivity contribution in [1.82, 2.24) is 14.9 Å². The highest BCUT2D eigenvalue weighted by Gasteiger charge is 2.25. The van der Waals surface area contributed by atoms with Crippen LogP contribution >= 0.6 is 27.3 Å². The minimum Gasteiger partial charge on any atom is -0.352 e. The van der Waals surface area contributed by atoms with Crippen LogP contribution in [0.1, 0.15) is 10.4 Å². The van der Waals surface area contributed by atoms with E-state index in [4.69, 9.17) is 0 Å². The van der Waals surface area contributed by atoms with E-state index >= 15 is 0 Å². The predicted octanol–water partition coefficient (Wildman–Crippen LogP) is 3.56. The van der Waals surface area contributed by atoms with E-state index < -0.39 is 0 Å². The van der Waals surface area contributed by atoms with Gasteiger partial charge in [-0.2, -0.15) is 0 Å². The maximum Gasteiger partial charge on any atom is 0.255 e. The highest BCUT2D eigenvalue weighted by Crippen LogP contribution is 2.28. The molecule has 4 rings (SSSR count). The maximum absolute atomic E-state index is 13.2. The number of halogens is 2. The van der Waals surface area contributed by atoms with Crippen molar-refractivity contribution in [2.45, 2.75) is 0 Å². The van der Waals surface area contributed by atoms with Crippen LogP contribution in [0.3, 0.4) is 0 Å². The van der Waals surface area contributed by atoms with Crippen LogP contribution in [0.4, 0.5) is 10.2 Å². The van der Waals surface area contributed by atoms with E-state index in [9.17, 15) is 9.18 Å². The zero-order valence-electron chi connectivity index (χ0n) is 13.2. The fraction of sp³-hybridized carbons (Fsp3) is 0.235. The third-order valence-corrected chi connectivity index (χ3v) is 5.75. The van der Waals surface area contributed by atoms with Crippen LogP contribution in [0.5, 0.6) is 0 Å². The number of hydrogen-bond donors (Lipinski definition) is 0. The lowest BCUT2D eigenvalue weighted by Crippen LogP contribution is -2.49. The molecule has 128 valence electrons. The molecule has 25 heavy (non-hydrogen) atoms. The van der Waals surface area contributed by atoms with E-state index in [-0.39, 0.29) is 11.7 Å². The van der Waals surface area contributed by atoms with Gasteiger partial charge < -0.3 is 9.80 Å². The summed E-state index contributed by atoms with van der Waals surface area (Å²) in [5.74, 6) is 0.466. The summed E-state index contributed by atoms with van der Waals surface area (Å²) in [5.41, 5.74) is 0.483. The highest BCUT2D eigenvalue weighted by atomic mass is 79.9. The van der Waals surface area contributed by atoms with Gasteiger partial charge in [-0.3, -0.25) is 4.79 Å². The Labute approximate surface area is 156 Å². The summed E-state index contributed by atoms with van der Waals surface area (Å²) >= 11 is 4.86. The summed E-state index contributed by atoms with van der Waals surface area (Å²) in [6.07, 6.45) is 1.58. The van der Waals surface area contributed by atoms with Gasteiger partial charge in [-0.15, -0.1) is 11.3 Å². The molecule has 0 spiro atoms. The van der Waals surface area contributed by atoms with Gasteiger partial charge in [0, 0.05) is 30.7 Å². The standard InChI is InChI=1S/C17H14BrFN4OS/c18-14-9-11(19)1-2-12(14)17(24)23-6-4-22(5-7-23)15-13-3-8-25-16(13)21-10-20-15/h1-3,8-10H,4-7H2. The highest BCUT2D eigenvalue weighted by molar-refractivity contribution is 9.10. The molecule has 1 amide bonds. The summed E-state index contributed by atoms with van der Waals surface area (Å²) < 4.78 is 13.7. The molecule has 0 radical (unpaired) electrons. The first kappa shape index (κ1) is 16.4. The number of amides is 1. The molecule has 0 aliphatic carbocycles.